The smallest absolute Gasteiger partial charge is 0.191 e. The lowest BCUT2D eigenvalue weighted by Crippen LogP contribution is -2.36. The van der Waals surface area contributed by atoms with E-state index in [4.69, 9.17) is 9.47 Å². The quantitative estimate of drug-likeness (QED) is 0.475. The van der Waals surface area contributed by atoms with Gasteiger partial charge in [-0.3, -0.25) is 4.79 Å². The van der Waals surface area contributed by atoms with Crippen LogP contribution in [0.5, 0.6) is 0 Å². The van der Waals surface area contributed by atoms with Crippen molar-refractivity contribution in [3.8, 4) is 0 Å². The van der Waals surface area contributed by atoms with E-state index in [-0.39, 0.29) is 5.57 Å². The number of hydrogen-bond donors (Lipinski definition) is 1. The van der Waals surface area contributed by atoms with Gasteiger partial charge >= 0.3 is 0 Å². The van der Waals surface area contributed by atoms with Gasteiger partial charge in [0.25, 0.3) is 0 Å². The molecule has 0 bridgehead atoms. The molecule has 0 aliphatic heterocycles. The van der Waals surface area contributed by atoms with E-state index in [1.54, 1.807) is 0 Å². The molecule has 1 atom stereocenters. The molecule has 0 aromatic rings. The lowest BCUT2D eigenvalue weighted by atomic mass is 10.1. The van der Waals surface area contributed by atoms with Crippen molar-refractivity contribution >= 4 is 5.78 Å². The van der Waals surface area contributed by atoms with E-state index < -0.39 is 18.2 Å². The summed E-state index contributed by atoms with van der Waals surface area (Å²) in [5.74, 6) is -0.469. The number of methoxy groups -OCH3 is 2. The highest BCUT2D eigenvalue weighted by atomic mass is 16.7. The zero-order chi connectivity index (χ0) is 9.72. The Balaban J connectivity index is 4.25. The zero-order valence-corrected chi connectivity index (χ0v) is 7.53. The van der Waals surface area contributed by atoms with Crippen LogP contribution in [0.2, 0.25) is 0 Å². The number of ether oxygens (including phenoxy) is 2. The fourth-order valence-corrected chi connectivity index (χ4v) is 0.730. The molecule has 0 aromatic heterocycles. The molecule has 0 rings (SSSR count). The maximum Gasteiger partial charge on any atom is 0.191 e. The van der Waals surface area contributed by atoms with Gasteiger partial charge in [-0.25, -0.2) is 0 Å². The Bertz CT molecular complexity index is 172. The average molecular weight is 174 g/mol. The van der Waals surface area contributed by atoms with E-state index in [9.17, 15) is 9.90 Å². The molecule has 0 fully saturated rings. The molecule has 0 heterocycles. The summed E-state index contributed by atoms with van der Waals surface area (Å²) >= 11 is 0. The summed E-state index contributed by atoms with van der Waals surface area (Å²) in [5, 5.41) is 9.29. The van der Waals surface area contributed by atoms with Gasteiger partial charge in [-0.15, -0.1) is 0 Å². The number of rotatable bonds is 5. The van der Waals surface area contributed by atoms with Crippen LogP contribution in [0.15, 0.2) is 12.2 Å². The third kappa shape index (κ3) is 2.73. The fraction of sp³-hybridized carbons (Fsp3) is 0.625. The number of carbonyl (C=O) groups is 1. The summed E-state index contributed by atoms with van der Waals surface area (Å²) in [7, 11) is 2.70. The molecule has 0 aromatic carbocycles. The minimum atomic E-state index is -1.29. The number of aliphatic hydroxyl groups is 1. The molecule has 0 aliphatic rings. The molecule has 0 amide bonds. The highest BCUT2D eigenvalue weighted by Crippen LogP contribution is 2.05. The SMILES string of the molecule is C=C(C)C(=O)C(O)C(OC)OC. The summed E-state index contributed by atoms with van der Waals surface area (Å²) in [4.78, 5) is 11.1. The summed E-state index contributed by atoms with van der Waals surface area (Å²) in [5.41, 5.74) is 0.279. The van der Waals surface area contributed by atoms with Gasteiger partial charge in [-0.05, 0) is 12.5 Å². The molecule has 12 heavy (non-hydrogen) atoms. The first-order valence-electron chi connectivity index (χ1n) is 3.48. The van der Waals surface area contributed by atoms with Crippen LogP contribution in [0.3, 0.4) is 0 Å². The standard InChI is InChI=1S/C8H14O4/c1-5(2)6(9)7(10)8(11-3)12-4/h7-8,10H,1H2,2-4H3. The van der Waals surface area contributed by atoms with Crippen molar-refractivity contribution in [2.75, 3.05) is 14.2 Å². The Labute approximate surface area is 71.8 Å². The summed E-state index contributed by atoms with van der Waals surface area (Å²) in [6.07, 6.45) is -2.22. The second kappa shape index (κ2) is 5.03. The lowest BCUT2D eigenvalue weighted by Gasteiger charge is -2.18. The zero-order valence-electron chi connectivity index (χ0n) is 7.53. The number of aliphatic hydroxyl groups excluding tert-OH is 1. The molecule has 70 valence electrons. The molecular weight excluding hydrogens is 160 g/mol. The Morgan fingerprint density at radius 2 is 1.83 bits per heavy atom. The predicted octanol–water partition coefficient (Wildman–Crippen LogP) is 0.111. The molecule has 1 N–H and O–H groups in total. The highest BCUT2D eigenvalue weighted by molar-refractivity contribution is 5.97. The van der Waals surface area contributed by atoms with Gasteiger partial charge in [0.05, 0.1) is 0 Å². The van der Waals surface area contributed by atoms with Crippen molar-refractivity contribution in [1.82, 2.24) is 0 Å². The summed E-state index contributed by atoms with van der Waals surface area (Å²) in [6.45, 7) is 4.93. The van der Waals surface area contributed by atoms with Gasteiger partial charge in [-0.2, -0.15) is 0 Å². The Morgan fingerprint density at radius 3 is 2.08 bits per heavy atom. The minimum absolute atomic E-state index is 0.279. The van der Waals surface area contributed by atoms with E-state index >= 15 is 0 Å². The number of ketones is 1. The minimum Gasteiger partial charge on any atom is -0.380 e. The van der Waals surface area contributed by atoms with Crippen molar-refractivity contribution in [3.63, 3.8) is 0 Å². The largest absolute Gasteiger partial charge is 0.380 e. The maximum atomic E-state index is 11.1. The molecule has 4 heteroatoms. The molecule has 4 nitrogen and oxygen atoms in total. The third-order valence-electron chi connectivity index (χ3n) is 1.41. The van der Waals surface area contributed by atoms with Crippen molar-refractivity contribution < 1.29 is 19.4 Å². The highest BCUT2D eigenvalue weighted by Gasteiger charge is 2.25. The second-order valence-corrected chi connectivity index (χ2v) is 2.43. The Hall–Kier alpha value is -0.710. The topological polar surface area (TPSA) is 55.8 Å². The first-order valence-corrected chi connectivity index (χ1v) is 3.48. The van der Waals surface area contributed by atoms with Gasteiger partial charge in [0.15, 0.2) is 18.2 Å². The van der Waals surface area contributed by atoms with Crippen LogP contribution in [0, 0.1) is 0 Å². The molecule has 1 unspecified atom stereocenters. The van der Waals surface area contributed by atoms with Gasteiger partial charge in [-0.1, -0.05) is 6.58 Å². The van der Waals surface area contributed by atoms with Crippen molar-refractivity contribution in [2.45, 2.75) is 19.3 Å². The molecular formula is C8H14O4. The van der Waals surface area contributed by atoms with Crippen LogP contribution >= 0.6 is 0 Å². The number of carbonyl (C=O) groups excluding carboxylic acids is 1. The number of hydrogen-bond acceptors (Lipinski definition) is 4. The third-order valence-corrected chi connectivity index (χ3v) is 1.41. The van der Waals surface area contributed by atoms with Crippen LogP contribution in [0.25, 0.3) is 0 Å². The first kappa shape index (κ1) is 11.3. The van der Waals surface area contributed by atoms with Gasteiger partial charge in [0, 0.05) is 14.2 Å². The molecule has 0 saturated carbocycles. The van der Waals surface area contributed by atoms with E-state index in [2.05, 4.69) is 6.58 Å². The Kier molecular flexibility index (Phi) is 4.73. The lowest BCUT2D eigenvalue weighted by molar-refractivity contribution is -0.172. The maximum absolute atomic E-state index is 11.1. The fourth-order valence-electron chi connectivity index (χ4n) is 0.730. The predicted molar refractivity (Wildman–Crippen MR) is 43.6 cm³/mol. The van der Waals surface area contributed by atoms with Crippen molar-refractivity contribution in [1.29, 1.82) is 0 Å². The van der Waals surface area contributed by atoms with Crippen LogP contribution in [-0.2, 0) is 14.3 Å². The van der Waals surface area contributed by atoms with Crippen LogP contribution in [0.4, 0.5) is 0 Å². The van der Waals surface area contributed by atoms with E-state index in [0.29, 0.717) is 0 Å². The van der Waals surface area contributed by atoms with E-state index in [1.807, 2.05) is 0 Å². The second-order valence-electron chi connectivity index (χ2n) is 2.43. The van der Waals surface area contributed by atoms with Gasteiger partial charge in [0.1, 0.15) is 0 Å². The van der Waals surface area contributed by atoms with Crippen LogP contribution < -0.4 is 0 Å². The molecule has 0 spiro atoms. The average Bonchev–Trinajstić information content (AvgIpc) is 2.05. The van der Waals surface area contributed by atoms with Crippen LogP contribution in [0.1, 0.15) is 6.92 Å². The Morgan fingerprint density at radius 1 is 1.42 bits per heavy atom. The molecule has 0 saturated heterocycles. The van der Waals surface area contributed by atoms with Crippen LogP contribution in [-0.4, -0.2) is 37.5 Å². The van der Waals surface area contributed by atoms with Gasteiger partial charge < -0.3 is 14.6 Å². The van der Waals surface area contributed by atoms with E-state index in [0.717, 1.165) is 0 Å². The van der Waals surface area contributed by atoms with Gasteiger partial charge in [0.2, 0.25) is 0 Å². The molecule has 0 aliphatic carbocycles. The summed E-state index contributed by atoms with van der Waals surface area (Å²) < 4.78 is 9.40. The monoisotopic (exact) mass is 174 g/mol. The molecule has 0 radical (unpaired) electrons. The normalized spacial score (nSPS) is 13.1. The number of Topliss-reactive ketones (excluding diaryl/α,β-unsaturated/α-hetero) is 1. The first-order chi connectivity index (χ1) is 5.54. The van der Waals surface area contributed by atoms with Crippen molar-refractivity contribution in [2.24, 2.45) is 0 Å². The van der Waals surface area contributed by atoms with E-state index in [1.165, 1.54) is 21.1 Å². The van der Waals surface area contributed by atoms with Crippen molar-refractivity contribution in [3.05, 3.63) is 12.2 Å². The summed E-state index contributed by atoms with van der Waals surface area (Å²) in [6, 6.07) is 0.